The van der Waals surface area contributed by atoms with Gasteiger partial charge in [0.25, 0.3) is 0 Å². The van der Waals surface area contributed by atoms with Gasteiger partial charge in [-0.05, 0) is 41.8 Å². The van der Waals surface area contributed by atoms with Crippen molar-refractivity contribution in [3.8, 4) is 0 Å². The molecule has 2 N–H and O–H groups in total. The summed E-state index contributed by atoms with van der Waals surface area (Å²) >= 11 is 4.91. The third kappa shape index (κ3) is 3.56. The number of nitrogens with zero attached hydrogens (tertiary/aromatic N) is 3. The monoisotopic (exact) mass is 399 g/mol. The fourth-order valence-electron chi connectivity index (χ4n) is 2.44. The largest absolute Gasteiger partial charge is 0.358 e. The number of fused-ring (bicyclic) bond motifs is 1. The van der Waals surface area contributed by atoms with Crippen LogP contribution in [0.1, 0.15) is 19.8 Å². The number of hydrogen-bond donors (Lipinski definition) is 2. The normalized spacial score (nSPS) is 17.4. The Hall–Kier alpha value is -1.45. The van der Waals surface area contributed by atoms with E-state index in [-0.39, 0.29) is 12.3 Å². The molecule has 1 aliphatic heterocycles. The number of halogens is 1. The molecule has 2 aromatic rings. The van der Waals surface area contributed by atoms with E-state index in [1.807, 2.05) is 24.9 Å². The van der Waals surface area contributed by atoms with Crippen molar-refractivity contribution in [1.82, 2.24) is 15.3 Å². The van der Waals surface area contributed by atoms with Gasteiger partial charge in [-0.2, -0.15) is 0 Å². The number of carbonyl (C=O) groups excluding carboxylic acids is 1. The predicted octanol–water partition coefficient (Wildman–Crippen LogP) is 3.17. The first-order valence-electron chi connectivity index (χ1n) is 7.45. The Morgan fingerprint density at radius 1 is 1.57 bits per heavy atom. The van der Waals surface area contributed by atoms with Gasteiger partial charge < -0.3 is 15.0 Å². The fraction of sp³-hybridized carbons (Fsp3) is 0.500. The van der Waals surface area contributed by atoms with Crippen molar-refractivity contribution < 1.29 is 9.53 Å². The van der Waals surface area contributed by atoms with E-state index in [9.17, 15) is 4.79 Å². The summed E-state index contributed by atoms with van der Waals surface area (Å²) in [5.74, 6) is 0.817. The number of anilines is 2. The third-order valence-electron chi connectivity index (χ3n) is 3.55. The summed E-state index contributed by atoms with van der Waals surface area (Å²) in [6.07, 6.45) is 2.11. The Balaban J connectivity index is 1.86. The van der Waals surface area contributed by atoms with Crippen LogP contribution in [0.2, 0.25) is 0 Å². The number of thiazole rings is 1. The standard InChI is InChI=1S/C14H18BrN5O2S/c1-3-16-13(21)19-14-17-9-7-8(15)11(18-12(9)23-14)20(2)10-5-4-6-22-10/h7,10H,3-6H2,1-2H3,(H2,16,17,19,21). The predicted molar refractivity (Wildman–Crippen MR) is 95.2 cm³/mol. The molecule has 3 rings (SSSR count). The zero-order valence-corrected chi connectivity index (χ0v) is 15.3. The summed E-state index contributed by atoms with van der Waals surface area (Å²) in [5, 5.41) is 5.93. The van der Waals surface area contributed by atoms with Gasteiger partial charge in [-0.1, -0.05) is 11.3 Å². The van der Waals surface area contributed by atoms with Crippen LogP contribution in [0.15, 0.2) is 10.5 Å². The van der Waals surface area contributed by atoms with E-state index in [2.05, 4.69) is 36.5 Å². The van der Waals surface area contributed by atoms with Crippen molar-refractivity contribution in [3.63, 3.8) is 0 Å². The molecule has 0 saturated carbocycles. The van der Waals surface area contributed by atoms with Crippen LogP contribution in [0, 0.1) is 0 Å². The van der Waals surface area contributed by atoms with Crippen LogP contribution in [0.5, 0.6) is 0 Å². The van der Waals surface area contributed by atoms with Gasteiger partial charge in [-0.25, -0.2) is 14.8 Å². The highest BCUT2D eigenvalue weighted by Crippen LogP contribution is 2.33. The van der Waals surface area contributed by atoms with Crippen LogP contribution in [0.3, 0.4) is 0 Å². The smallest absolute Gasteiger partial charge is 0.321 e. The second-order valence-corrected chi connectivity index (χ2v) is 7.03. The SMILES string of the molecule is CCNC(=O)Nc1nc2cc(Br)c(N(C)C3CCCO3)nc2s1. The maximum atomic E-state index is 11.6. The summed E-state index contributed by atoms with van der Waals surface area (Å²) < 4.78 is 6.57. The molecule has 23 heavy (non-hydrogen) atoms. The third-order valence-corrected chi connectivity index (χ3v) is 5.01. The molecule has 1 fully saturated rings. The number of nitrogens with one attached hydrogen (secondary N) is 2. The van der Waals surface area contributed by atoms with Crippen molar-refractivity contribution in [3.05, 3.63) is 10.5 Å². The van der Waals surface area contributed by atoms with Crippen molar-refractivity contribution in [2.45, 2.75) is 26.0 Å². The maximum Gasteiger partial charge on any atom is 0.321 e. The molecule has 7 nitrogen and oxygen atoms in total. The molecule has 1 aliphatic rings. The first-order chi connectivity index (χ1) is 11.1. The van der Waals surface area contributed by atoms with Gasteiger partial charge in [0, 0.05) is 20.2 Å². The summed E-state index contributed by atoms with van der Waals surface area (Å²) in [7, 11) is 1.98. The van der Waals surface area contributed by atoms with E-state index in [1.54, 1.807) is 0 Å². The molecule has 2 amide bonds. The molecule has 0 aliphatic carbocycles. The first kappa shape index (κ1) is 16.4. The van der Waals surface area contributed by atoms with E-state index in [1.165, 1.54) is 11.3 Å². The molecule has 124 valence electrons. The molecular weight excluding hydrogens is 382 g/mol. The number of pyridine rings is 1. The minimum Gasteiger partial charge on any atom is -0.358 e. The summed E-state index contributed by atoms with van der Waals surface area (Å²) in [6.45, 7) is 3.22. The Kier molecular flexibility index (Phi) is 4.98. The Bertz CT molecular complexity index is 717. The van der Waals surface area contributed by atoms with Crippen LogP contribution in [-0.2, 0) is 4.74 Å². The number of rotatable bonds is 4. The second kappa shape index (κ2) is 6.98. The van der Waals surface area contributed by atoms with Crippen LogP contribution < -0.4 is 15.5 Å². The van der Waals surface area contributed by atoms with Crippen LogP contribution in [0.25, 0.3) is 10.3 Å². The molecule has 0 bridgehead atoms. The topological polar surface area (TPSA) is 79.4 Å². The molecule has 1 atom stereocenters. The van der Waals surface area contributed by atoms with Gasteiger partial charge in [-0.15, -0.1) is 0 Å². The minimum absolute atomic E-state index is 0.0529. The molecule has 0 aromatic carbocycles. The number of hydrogen-bond acceptors (Lipinski definition) is 6. The average molecular weight is 400 g/mol. The highest BCUT2D eigenvalue weighted by Gasteiger charge is 2.24. The highest BCUT2D eigenvalue weighted by atomic mass is 79.9. The fourth-order valence-corrected chi connectivity index (χ4v) is 3.83. The lowest BCUT2D eigenvalue weighted by molar-refractivity contribution is 0.111. The van der Waals surface area contributed by atoms with Gasteiger partial charge in [0.2, 0.25) is 0 Å². The van der Waals surface area contributed by atoms with Crippen molar-refractivity contribution >= 4 is 54.6 Å². The molecule has 1 saturated heterocycles. The van der Waals surface area contributed by atoms with Gasteiger partial charge in [0.05, 0.1) is 4.47 Å². The lowest BCUT2D eigenvalue weighted by Gasteiger charge is -2.25. The number of urea groups is 1. The van der Waals surface area contributed by atoms with E-state index >= 15 is 0 Å². The van der Waals surface area contributed by atoms with E-state index < -0.39 is 0 Å². The first-order valence-corrected chi connectivity index (χ1v) is 9.05. The lowest BCUT2D eigenvalue weighted by Crippen LogP contribution is -2.31. The zero-order valence-electron chi connectivity index (χ0n) is 12.9. The molecule has 0 radical (unpaired) electrons. The molecule has 3 heterocycles. The Morgan fingerprint density at radius 2 is 2.39 bits per heavy atom. The second-order valence-electron chi connectivity index (χ2n) is 5.20. The van der Waals surface area contributed by atoms with Gasteiger partial charge in [-0.3, -0.25) is 5.32 Å². The zero-order chi connectivity index (χ0) is 16.4. The number of amides is 2. The van der Waals surface area contributed by atoms with Crippen molar-refractivity contribution in [2.24, 2.45) is 0 Å². The number of ether oxygens (including phenoxy) is 1. The van der Waals surface area contributed by atoms with Crippen LogP contribution in [-0.4, -0.2) is 42.4 Å². The molecule has 1 unspecified atom stereocenters. The van der Waals surface area contributed by atoms with Crippen LogP contribution >= 0.6 is 27.3 Å². The minimum atomic E-state index is -0.262. The quantitative estimate of drug-likeness (QED) is 0.824. The lowest BCUT2D eigenvalue weighted by atomic mass is 10.3. The Labute approximate surface area is 146 Å². The number of aromatic nitrogens is 2. The maximum absolute atomic E-state index is 11.6. The van der Waals surface area contributed by atoms with Crippen molar-refractivity contribution in [2.75, 3.05) is 30.4 Å². The molecule has 2 aromatic heterocycles. The average Bonchev–Trinajstić information content (AvgIpc) is 3.14. The summed E-state index contributed by atoms with van der Waals surface area (Å²) in [6, 6.07) is 1.66. The van der Waals surface area contributed by atoms with Crippen LogP contribution in [0.4, 0.5) is 15.7 Å². The molecule has 9 heteroatoms. The summed E-state index contributed by atoms with van der Waals surface area (Å²) in [4.78, 5) is 23.5. The highest BCUT2D eigenvalue weighted by molar-refractivity contribution is 9.10. The molecule has 0 spiro atoms. The summed E-state index contributed by atoms with van der Waals surface area (Å²) in [5.41, 5.74) is 0.748. The molecular formula is C14H18BrN5O2S. The van der Waals surface area contributed by atoms with Gasteiger partial charge >= 0.3 is 6.03 Å². The van der Waals surface area contributed by atoms with Gasteiger partial charge in [0.15, 0.2) is 5.13 Å². The Morgan fingerprint density at radius 3 is 3.09 bits per heavy atom. The number of carbonyl (C=O) groups is 1. The van der Waals surface area contributed by atoms with E-state index in [0.29, 0.717) is 11.7 Å². The van der Waals surface area contributed by atoms with Gasteiger partial charge in [0.1, 0.15) is 22.4 Å². The van der Waals surface area contributed by atoms with E-state index in [4.69, 9.17) is 4.74 Å². The van der Waals surface area contributed by atoms with E-state index in [0.717, 1.165) is 40.1 Å². The van der Waals surface area contributed by atoms with Crippen molar-refractivity contribution in [1.29, 1.82) is 0 Å².